The monoisotopic (exact) mass is 307 g/mol. The van der Waals surface area contributed by atoms with Gasteiger partial charge in [0, 0.05) is 4.47 Å². The number of carbonyl (C=O) groups is 2. The molecule has 1 aromatic rings. The maximum atomic E-state index is 12.3. The highest BCUT2D eigenvalue weighted by molar-refractivity contribution is 9.10. The second-order valence-corrected chi connectivity index (χ2v) is 6.64. The number of fused-ring (bicyclic) bond motifs is 1. The Labute approximate surface area is 114 Å². The van der Waals surface area contributed by atoms with Gasteiger partial charge in [-0.05, 0) is 36.1 Å². The van der Waals surface area contributed by atoms with Gasteiger partial charge in [0.25, 0.3) is 0 Å². The van der Waals surface area contributed by atoms with E-state index >= 15 is 0 Å². The molecule has 2 unspecified atom stereocenters. The summed E-state index contributed by atoms with van der Waals surface area (Å²) in [6.45, 7) is 5.89. The van der Waals surface area contributed by atoms with Crippen LogP contribution in [0, 0.1) is 24.2 Å². The van der Waals surface area contributed by atoms with Crippen molar-refractivity contribution in [1.82, 2.24) is 0 Å². The third-order valence-electron chi connectivity index (χ3n) is 4.20. The van der Waals surface area contributed by atoms with Gasteiger partial charge in [0.15, 0.2) is 0 Å². The average molecular weight is 308 g/mol. The van der Waals surface area contributed by atoms with E-state index in [1.54, 1.807) is 0 Å². The first-order valence-electron chi connectivity index (χ1n) is 5.99. The Hall–Kier alpha value is -1.16. The minimum absolute atomic E-state index is 0.0413. The first-order chi connectivity index (χ1) is 8.35. The number of rotatable bonds is 1. The van der Waals surface area contributed by atoms with Gasteiger partial charge in [-0.1, -0.05) is 29.8 Å². The molecule has 0 aromatic heterocycles. The number of halogens is 1. The summed E-state index contributed by atoms with van der Waals surface area (Å²) in [5, 5.41) is 0. The van der Waals surface area contributed by atoms with Crippen molar-refractivity contribution in [2.75, 3.05) is 4.90 Å². The summed E-state index contributed by atoms with van der Waals surface area (Å²) in [5.41, 5.74) is 1.51. The van der Waals surface area contributed by atoms with Crippen molar-refractivity contribution < 1.29 is 9.59 Å². The molecule has 1 aromatic carbocycles. The molecule has 3 rings (SSSR count). The van der Waals surface area contributed by atoms with E-state index in [0.29, 0.717) is 0 Å². The molecule has 2 aliphatic rings. The summed E-state index contributed by atoms with van der Waals surface area (Å²) in [4.78, 5) is 26.0. The van der Waals surface area contributed by atoms with E-state index in [1.807, 2.05) is 39.0 Å². The fourth-order valence-corrected chi connectivity index (χ4v) is 3.53. The molecule has 2 fully saturated rings. The molecule has 1 saturated carbocycles. The summed E-state index contributed by atoms with van der Waals surface area (Å²) in [6.07, 6.45) is 0. The molecule has 1 aliphatic heterocycles. The van der Waals surface area contributed by atoms with Crippen molar-refractivity contribution in [2.24, 2.45) is 17.3 Å². The molecule has 94 valence electrons. The summed E-state index contributed by atoms with van der Waals surface area (Å²) < 4.78 is 0.952. The Kier molecular flexibility index (Phi) is 2.28. The molecule has 3 nitrogen and oxygen atoms in total. The number of imide groups is 1. The molecule has 4 heteroatoms. The summed E-state index contributed by atoms with van der Waals surface area (Å²) in [5.74, 6) is -0.318. The highest BCUT2D eigenvalue weighted by atomic mass is 79.9. The van der Waals surface area contributed by atoms with Crippen molar-refractivity contribution in [3.63, 3.8) is 0 Å². The van der Waals surface area contributed by atoms with Crippen molar-refractivity contribution in [3.05, 3.63) is 28.2 Å². The first kappa shape index (κ1) is 11.9. The lowest BCUT2D eigenvalue weighted by Gasteiger charge is -2.22. The minimum Gasteiger partial charge on any atom is -0.274 e. The van der Waals surface area contributed by atoms with Gasteiger partial charge in [-0.15, -0.1) is 0 Å². The standard InChI is InChI=1S/C14H14BrNO2/c1-7-6-8(15)4-5-9(7)16-12(17)10-11(13(16)18)14(10,2)3/h4-6,10-11H,1-3H3. The van der Waals surface area contributed by atoms with Crippen LogP contribution in [0.25, 0.3) is 0 Å². The average Bonchev–Trinajstić information content (AvgIpc) is 2.72. The van der Waals surface area contributed by atoms with E-state index in [-0.39, 0.29) is 29.1 Å². The summed E-state index contributed by atoms with van der Waals surface area (Å²) in [7, 11) is 0. The van der Waals surface area contributed by atoms with Crippen molar-refractivity contribution >= 4 is 33.4 Å². The zero-order chi connectivity index (χ0) is 13.2. The topological polar surface area (TPSA) is 37.4 Å². The van der Waals surface area contributed by atoms with Gasteiger partial charge in [-0.25, -0.2) is 4.90 Å². The normalized spacial score (nSPS) is 28.6. The third-order valence-corrected chi connectivity index (χ3v) is 4.69. The van der Waals surface area contributed by atoms with Gasteiger partial charge in [0.05, 0.1) is 17.5 Å². The summed E-state index contributed by atoms with van der Waals surface area (Å²) in [6, 6.07) is 5.61. The molecule has 1 aliphatic carbocycles. The van der Waals surface area contributed by atoms with E-state index < -0.39 is 0 Å². The predicted molar refractivity (Wildman–Crippen MR) is 72.1 cm³/mol. The largest absolute Gasteiger partial charge is 0.274 e. The number of hydrogen-bond donors (Lipinski definition) is 0. The molecule has 0 radical (unpaired) electrons. The summed E-state index contributed by atoms with van der Waals surface area (Å²) >= 11 is 3.39. The van der Waals surface area contributed by atoms with Gasteiger partial charge in [0.1, 0.15) is 0 Å². The molecule has 18 heavy (non-hydrogen) atoms. The highest BCUT2D eigenvalue weighted by Gasteiger charge is 2.72. The number of piperidine rings is 1. The zero-order valence-electron chi connectivity index (χ0n) is 10.5. The van der Waals surface area contributed by atoms with Crippen molar-refractivity contribution in [2.45, 2.75) is 20.8 Å². The number of benzene rings is 1. The molecular formula is C14H14BrNO2. The SMILES string of the molecule is Cc1cc(Br)ccc1N1C(=O)C2C(C1=O)C2(C)C. The fourth-order valence-electron chi connectivity index (χ4n) is 3.05. The van der Waals surface area contributed by atoms with Crippen LogP contribution < -0.4 is 4.90 Å². The molecule has 1 saturated heterocycles. The van der Waals surface area contributed by atoms with Crippen LogP contribution in [0.1, 0.15) is 19.4 Å². The molecule has 0 bridgehead atoms. The van der Waals surface area contributed by atoms with E-state index in [9.17, 15) is 9.59 Å². The Morgan fingerprint density at radius 2 is 1.72 bits per heavy atom. The highest BCUT2D eigenvalue weighted by Crippen LogP contribution is 2.63. The molecular weight excluding hydrogens is 294 g/mol. The van der Waals surface area contributed by atoms with Crippen LogP contribution in [0.3, 0.4) is 0 Å². The lowest BCUT2D eigenvalue weighted by atomic mass is 10.0. The van der Waals surface area contributed by atoms with Crippen LogP contribution in [-0.2, 0) is 9.59 Å². The maximum Gasteiger partial charge on any atom is 0.238 e. The Morgan fingerprint density at radius 3 is 2.22 bits per heavy atom. The van der Waals surface area contributed by atoms with Crippen LogP contribution in [0.4, 0.5) is 5.69 Å². The maximum absolute atomic E-state index is 12.3. The Morgan fingerprint density at radius 1 is 1.17 bits per heavy atom. The van der Waals surface area contributed by atoms with E-state index in [2.05, 4.69) is 15.9 Å². The van der Waals surface area contributed by atoms with Gasteiger partial charge in [-0.2, -0.15) is 0 Å². The van der Waals surface area contributed by atoms with Gasteiger partial charge in [0.2, 0.25) is 11.8 Å². The van der Waals surface area contributed by atoms with Gasteiger partial charge in [-0.3, -0.25) is 9.59 Å². The lowest BCUT2D eigenvalue weighted by molar-refractivity contribution is -0.125. The number of nitrogens with zero attached hydrogens (tertiary/aromatic N) is 1. The molecule has 0 spiro atoms. The third kappa shape index (κ3) is 1.35. The van der Waals surface area contributed by atoms with Crippen LogP contribution in [0.5, 0.6) is 0 Å². The molecule has 2 atom stereocenters. The second-order valence-electron chi connectivity index (χ2n) is 5.72. The smallest absolute Gasteiger partial charge is 0.238 e. The molecule has 1 heterocycles. The van der Waals surface area contributed by atoms with Crippen LogP contribution in [-0.4, -0.2) is 11.8 Å². The van der Waals surface area contributed by atoms with Crippen LogP contribution >= 0.6 is 15.9 Å². The Balaban J connectivity index is 2.01. The van der Waals surface area contributed by atoms with Gasteiger partial charge < -0.3 is 0 Å². The quantitative estimate of drug-likeness (QED) is 0.748. The second kappa shape index (κ2) is 3.44. The molecule has 0 N–H and O–H groups in total. The van der Waals surface area contributed by atoms with Crippen LogP contribution in [0.15, 0.2) is 22.7 Å². The molecule has 2 amide bonds. The number of aryl methyl sites for hydroxylation is 1. The Bertz CT molecular complexity index is 555. The number of anilines is 1. The minimum atomic E-state index is -0.145. The fraction of sp³-hybridized carbons (Fsp3) is 0.429. The lowest BCUT2D eigenvalue weighted by Crippen LogP contribution is -2.36. The van der Waals surface area contributed by atoms with E-state index in [1.165, 1.54) is 4.90 Å². The number of carbonyl (C=O) groups excluding carboxylic acids is 2. The number of amides is 2. The predicted octanol–water partition coefficient (Wildman–Crippen LogP) is 2.90. The van der Waals surface area contributed by atoms with E-state index in [4.69, 9.17) is 0 Å². The van der Waals surface area contributed by atoms with Crippen molar-refractivity contribution in [1.29, 1.82) is 0 Å². The zero-order valence-corrected chi connectivity index (χ0v) is 12.1. The van der Waals surface area contributed by atoms with Crippen molar-refractivity contribution in [3.8, 4) is 0 Å². The van der Waals surface area contributed by atoms with E-state index in [0.717, 1.165) is 15.7 Å². The van der Waals surface area contributed by atoms with Crippen LogP contribution in [0.2, 0.25) is 0 Å². The first-order valence-corrected chi connectivity index (χ1v) is 6.79. The van der Waals surface area contributed by atoms with Gasteiger partial charge >= 0.3 is 0 Å². The number of hydrogen-bond acceptors (Lipinski definition) is 2.